The Morgan fingerprint density at radius 1 is 0.455 bits per heavy atom. The monoisotopic (exact) mass is 444 g/mol. The van der Waals surface area contributed by atoms with Gasteiger partial charge in [-0.2, -0.15) is 0 Å². The van der Waals surface area contributed by atoms with Gasteiger partial charge in [-0.25, -0.2) is 0 Å². The standard InChI is InChI=1S/C30H17ClO2/c31-20-16-24(21-10-6-12-26-29(21)22-9-4-5-11-25(22)32-26)30-23-14-13-19(18-7-2-1-3-8-18)15-27(23)33-28(30)17-20/h1-17H. The molecule has 0 atom stereocenters. The van der Waals surface area contributed by atoms with Crippen molar-refractivity contribution in [3.05, 3.63) is 108 Å². The van der Waals surface area contributed by atoms with Crippen molar-refractivity contribution in [1.82, 2.24) is 0 Å². The molecule has 0 bridgehead atoms. The lowest BCUT2D eigenvalue weighted by Gasteiger charge is -2.07. The van der Waals surface area contributed by atoms with Crippen LogP contribution in [-0.2, 0) is 0 Å². The summed E-state index contributed by atoms with van der Waals surface area (Å²) in [6.07, 6.45) is 0. The zero-order valence-corrected chi connectivity index (χ0v) is 18.3. The van der Waals surface area contributed by atoms with Crippen molar-refractivity contribution in [2.45, 2.75) is 0 Å². The average Bonchev–Trinajstić information content (AvgIpc) is 3.41. The van der Waals surface area contributed by atoms with Gasteiger partial charge in [0, 0.05) is 32.6 Å². The first-order valence-corrected chi connectivity index (χ1v) is 11.3. The number of para-hydroxylation sites is 1. The molecule has 0 aliphatic carbocycles. The summed E-state index contributed by atoms with van der Waals surface area (Å²) in [6, 6.07) is 35.0. The summed E-state index contributed by atoms with van der Waals surface area (Å²) in [5.74, 6) is 0. The van der Waals surface area contributed by atoms with Gasteiger partial charge < -0.3 is 8.83 Å². The SMILES string of the molecule is Clc1cc(-c2cccc3oc4ccccc4c23)c2c(c1)oc1cc(-c3ccccc3)ccc12. The van der Waals surface area contributed by atoms with Crippen molar-refractivity contribution in [2.75, 3.05) is 0 Å². The third-order valence-electron chi connectivity index (χ3n) is 6.34. The normalized spacial score (nSPS) is 11.8. The number of fused-ring (bicyclic) bond motifs is 6. The molecule has 7 aromatic rings. The van der Waals surface area contributed by atoms with E-state index in [1.165, 1.54) is 0 Å². The molecule has 2 heterocycles. The van der Waals surface area contributed by atoms with Gasteiger partial charge in [0.15, 0.2) is 0 Å². The molecule has 0 radical (unpaired) electrons. The van der Waals surface area contributed by atoms with Gasteiger partial charge in [-0.3, -0.25) is 0 Å². The molecule has 0 aliphatic rings. The summed E-state index contributed by atoms with van der Waals surface area (Å²) in [5, 5.41) is 4.96. The van der Waals surface area contributed by atoms with E-state index in [9.17, 15) is 0 Å². The van der Waals surface area contributed by atoms with Crippen LogP contribution in [0, 0.1) is 0 Å². The molecule has 0 fully saturated rings. The molecular weight excluding hydrogens is 428 g/mol. The van der Waals surface area contributed by atoms with Crippen LogP contribution in [0.15, 0.2) is 112 Å². The highest BCUT2D eigenvalue weighted by molar-refractivity contribution is 6.33. The van der Waals surface area contributed by atoms with Crippen LogP contribution in [0.4, 0.5) is 0 Å². The third kappa shape index (κ3) is 2.81. The van der Waals surface area contributed by atoms with Crippen molar-refractivity contribution in [3.63, 3.8) is 0 Å². The fraction of sp³-hybridized carbons (Fsp3) is 0. The number of hydrogen-bond donors (Lipinski definition) is 0. The van der Waals surface area contributed by atoms with E-state index in [0.29, 0.717) is 5.02 Å². The topological polar surface area (TPSA) is 26.3 Å². The second-order valence-corrected chi connectivity index (χ2v) is 8.72. The first-order valence-electron chi connectivity index (χ1n) is 10.9. The molecule has 5 aromatic carbocycles. The Morgan fingerprint density at radius 3 is 2.09 bits per heavy atom. The minimum absolute atomic E-state index is 0.643. The minimum atomic E-state index is 0.643. The van der Waals surface area contributed by atoms with E-state index < -0.39 is 0 Å². The Bertz CT molecular complexity index is 1820. The molecule has 0 N–H and O–H groups in total. The predicted molar refractivity (Wildman–Crippen MR) is 137 cm³/mol. The number of furan rings is 2. The van der Waals surface area contributed by atoms with E-state index in [-0.39, 0.29) is 0 Å². The lowest BCUT2D eigenvalue weighted by Crippen LogP contribution is -1.82. The molecule has 7 rings (SSSR count). The largest absolute Gasteiger partial charge is 0.456 e. The average molecular weight is 445 g/mol. The van der Waals surface area contributed by atoms with Crippen LogP contribution < -0.4 is 0 Å². The van der Waals surface area contributed by atoms with Gasteiger partial charge in [0.2, 0.25) is 0 Å². The molecule has 0 unspecified atom stereocenters. The van der Waals surface area contributed by atoms with Crippen molar-refractivity contribution >= 4 is 55.5 Å². The molecule has 2 aromatic heterocycles. The summed E-state index contributed by atoms with van der Waals surface area (Å²) >= 11 is 6.59. The summed E-state index contributed by atoms with van der Waals surface area (Å²) in [7, 11) is 0. The van der Waals surface area contributed by atoms with Crippen LogP contribution in [0.25, 0.3) is 66.1 Å². The first kappa shape index (κ1) is 18.6. The van der Waals surface area contributed by atoms with E-state index >= 15 is 0 Å². The molecule has 0 spiro atoms. The Hall–Kier alpha value is -4.01. The Labute approximate surface area is 194 Å². The van der Waals surface area contributed by atoms with Crippen LogP contribution >= 0.6 is 11.6 Å². The van der Waals surface area contributed by atoms with Gasteiger partial charge in [0.1, 0.15) is 22.3 Å². The van der Waals surface area contributed by atoms with E-state index in [0.717, 1.165) is 66.1 Å². The number of benzene rings is 5. The Morgan fingerprint density at radius 2 is 1.18 bits per heavy atom. The molecular formula is C30H17ClO2. The molecule has 0 amide bonds. The lowest BCUT2D eigenvalue weighted by molar-refractivity contribution is 0.668. The van der Waals surface area contributed by atoms with Crippen LogP contribution in [0.3, 0.4) is 0 Å². The van der Waals surface area contributed by atoms with Crippen molar-refractivity contribution < 1.29 is 8.83 Å². The maximum atomic E-state index is 6.59. The van der Waals surface area contributed by atoms with Gasteiger partial charge in [0.25, 0.3) is 0 Å². The van der Waals surface area contributed by atoms with Gasteiger partial charge in [-0.1, -0.05) is 78.3 Å². The third-order valence-corrected chi connectivity index (χ3v) is 6.56. The second kappa shape index (κ2) is 6.99. The van der Waals surface area contributed by atoms with Crippen molar-refractivity contribution in [1.29, 1.82) is 0 Å². The molecule has 0 saturated heterocycles. The number of hydrogen-bond acceptors (Lipinski definition) is 2. The van der Waals surface area contributed by atoms with Gasteiger partial charge in [-0.05, 0) is 52.6 Å². The van der Waals surface area contributed by atoms with Crippen LogP contribution in [0.2, 0.25) is 5.02 Å². The molecule has 0 aliphatic heterocycles. The predicted octanol–water partition coefficient (Wildman–Crippen LogP) is 9.47. The summed E-state index contributed by atoms with van der Waals surface area (Å²) in [6.45, 7) is 0. The highest BCUT2D eigenvalue weighted by Gasteiger charge is 2.18. The van der Waals surface area contributed by atoms with Crippen molar-refractivity contribution in [2.24, 2.45) is 0 Å². The Balaban J connectivity index is 1.56. The van der Waals surface area contributed by atoms with Crippen molar-refractivity contribution in [3.8, 4) is 22.3 Å². The minimum Gasteiger partial charge on any atom is -0.456 e. The highest BCUT2D eigenvalue weighted by atomic mass is 35.5. The summed E-state index contributed by atoms with van der Waals surface area (Å²) < 4.78 is 12.5. The van der Waals surface area contributed by atoms with Gasteiger partial charge in [0.05, 0.1) is 0 Å². The molecule has 156 valence electrons. The fourth-order valence-electron chi connectivity index (χ4n) is 4.89. The maximum absolute atomic E-state index is 6.59. The first-order chi connectivity index (χ1) is 16.3. The Kier molecular flexibility index (Phi) is 3.93. The number of rotatable bonds is 2. The quantitative estimate of drug-likeness (QED) is 0.265. The molecule has 0 saturated carbocycles. The lowest BCUT2D eigenvalue weighted by atomic mass is 9.95. The number of halogens is 1. The van der Waals surface area contributed by atoms with Crippen LogP contribution in [-0.4, -0.2) is 0 Å². The fourth-order valence-corrected chi connectivity index (χ4v) is 5.10. The highest BCUT2D eigenvalue weighted by Crippen LogP contribution is 2.44. The molecule has 33 heavy (non-hydrogen) atoms. The second-order valence-electron chi connectivity index (χ2n) is 8.28. The molecule has 2 nitrogen and oxygen atoms in total. The maximum Gasteiger partial charge on any atom is 0.137 e. The summed E-state index contributed by atoms with van der Waals surface area (Å²) in [5.41, 5.74) is 7.77. The van der Waals surface area contributed by atoms with E-state index in [1.807, 2.05) is 60.7 Å². The summed E-state index contributed by atoms with van der Waals surface area (Å²) in [4.78, 5) is 0. The van der Waals surface area contributed by atoms with Crippen LogP contribution in [0.5, 0.6) is 0 Å². The van der Waals surface area contributed by atoms with Gasteiger partial charge >= 0.3 is 0 Å². The zero-order chi connectivity index (χ0) is 21.9. The van der Waals surface area contributed by atoms with Gasteiger partial charge in [-0.15, -0.1) is 0 Å². The zero-order valence-electron chi connectivity index (χ0n) is 17.5. The smallest absolute Gasteiger partial charge is 0.137 e. The molecule has 3 heteroatoms. The van der Waals surface area contributed by atoms with Crippen LogP contribution in [0.1, 0.15) is 0 Å². The van der Waals surface area contributed by atoms with E-state index in [2.05, 4.69) is 42.5 Å². The van der Waals surface area contributed by atoms with E-state index in [1.54, 1.807) is 0 Å². The van der Waals surface area contributed by atoms with E-state index in [4.69, 9.17) is 20.4 Å².